The molecular formula is C9H11Br2N. The number of anilines is 1. The van der Waals surface area contributed by atoms with Gasteiger partial charge in [0.25, 0.3) is 0 Å². The molecular weight excluding hydrogens is 282 g/mol. The van der Waals surface area contributed by atoms with Gasteiger partial charge >= 0.3 is 0 Å². The molecule has 1 aromatic rings. The van der Waals surface area contributed by atoms with Gasteiger partial charge in [0.1, 0.15) is 0 Å². The highest BCUT2D eigenvalue weighted by molar-refractivity contribution is 9.10. The van der Waals surface area contributed by atoms with Crippen molar-refractivity contribution in [1.29, 1.82) is 0 Å². The zero-order valence-electron chi connectivity index (χ0n) is 7.14. The molecule has 1 nitrogen and oxygen atoms in total. The largest absolute Gasteiger partial charge is 0.309 e. The molecule has 12 heavy (non-hydrogen) atoms. The molecule has 0 amide bonds. The topological polar surface area (TPSA) is 3.24 Å². The zero-order valence-corrected chi connectivity index (χ0v) is 10.3. The molecule has 0 fully saturated rings. The van der Waals surface area contributed by atoms with Crippen LogP contribution in [0.4, 0.5) is 5.69 Å². The number of rotatable bonds is 2. The third kappa shape index (κ3) is 2.02. The number of halogens is 2. The van der Waals surface area contributed by atoms with Crippen LogP contribution in [0.2, 0.25) is 0 Å². The number of hydrogen-bond acceptors (Lipinski definition) is 1. The maximum Gasteiger partial charge on any atom is 0.0511 e. The first-order chi connectivity index (χ1) is 5.66. The Hall–Kier alpha value is -0.0200. The molecule has 0 bridgehead atoms. The van der Waals surface area contributed by atoms with Crippen LogP contribution in [0.1, 0.15) is 12.5 Å². The molecule has 0 atom stereocenters. The van der Waals surface area contributed by atoms with Crippen molar-refractivity contribution in [3.63, 3.8) is 0 Å². The molecule has 0 unspecified atom stereocenters. The summed E-state index contributed by atoms with van der Waals surface area (Å²) >= 11 is 6.98. The Balaban J connectivity index is 3.07. The molecule has 0 aromatic heterocycles. The number of hydrogen-bond donors (Lipinski definition) is 0. The third-order valence-electron chi connectivity index (χ3n) is 1.78. The standard InChI is InChI=1S/C9H11Br2N/c1-3-12(11)9-6-4-5-8(10)7(9)2/h4-6H,3H2,1-2H3. The van der Waals surface area contributed by atoms with E-state index in [0.717, 1.165) is 11.0 Å². The summed E-state index contributed by atoms with van der Waals surface area (Å²) in [6.07, 6.45) is 0. The van der Waals surface area contributed by atoms with Crippen LogP contribution in [0.3, 0.4) is 0 Å². The Morgan fingerprint density at radius 3 is 2.67 bits per heavy atom. The van der Waals surface area contributed by atoms with E-state index in [2.05, 4.69) is 58.1 Å². The van der Waals surface area contributed by atoms with Gasteiger partial charge in [0.05, 0.1) is 5.69 Å². The van der Waals surface area contributed by atoms with Crippen molar-refractivity contribution in [3.05, 3.63) is 28.2 Å². The van der Waals surface area contributed by atoms with Gasteiger partial charge in [-0.2, -0.15) is 0 Å². The molecule has 0 heterocycles. The maximum absolute atomic E-state index is 3.50. The SMILES string of the molecule is CCN(Br)c1cccc(Br)c1C. The second kappa shape index (κ2) is 4.28. The van der Waals surface area contributed by atoms with Crippen LogP contribution in [0.25, 0.3) is 0 Å². The van der Waals surface area contributed by atoms with Crippen LogP contribution >= 0.6 is 32.1 Å². The first kappa shape index (κ1) is 10.1. The number of benzene rings is 1. The van der Waals surface area contributed by atoms with Crippen molar-refractivity contribution in [2.45, 2.75) is 13.8 Å². The lowest BCUT2D eigenvalue weighted by atomic mass is 10.2. The Morgan fingerprint density at radius 2 is 2.08 bits per heavy atom. The lowest BCUT2D eigenvalue weighted by molar-refractivity contribution is 1.11. The Morgan fingerprint density at radius 1 is 1.42 bits per heavy atom. The second-order valence-electron chi connectivity index (χ2n) is 2.56. The van der Waals surface area contributed by atoms with E-state index in [9.17, 15) is 0 Å². The van der Waals surface area contributed by atoms with E-state index >= 15 is 0 Å². The van der Waals surface area contributed by atoms with Crippen LogP contribution in [0.5, 0.6) is 0 Å². The van der Waals surface area contributed by atoms with E-state index in [1.807, 2.05) is 9.99 Å². The van der Waals surface area contributed by atoms with Crippen molar-refractivity contribution in [1.82, 2.24) is 0 Å². The predicted octanol–water partition coefficient (Wildman–Crippen LogP) is 3.89. The molecule has 0 aliphatic rings. The van der Waals surface area contributed by atoms with Crippen molar-refractivity contribution >= 4 is 37.8 Å². The van der Waals surface area contributed by atoms with Crippen molar-refractivity contribution in [2.24, 2.45) is 0 Å². The van der Waals surface area contributed by atoms with E-state index in [0.29, 0.717) is 0 Å². The van der Waals surface area contributed by atoms with Gasteiger partial charge in [0.15, 0.2) is 0 Å². The third-order valence-corrected chi connectivity index (χ3v) is 3.52. The predicted molar refractivity (Wildman–Crippen MR) is 60.8 cm³/mol. The summed E-state index contributed by atoms with van der Waals surface area (Å²) in [5.74, 6) is 0. The average molecular weight is 293 g/mol. The van der Waals surface area contributed by atoms with Gasteiger partial charge in [0.2, 0.25) is 0 Å². The molecule has 66 valence electrons. The summed E-state index contributed by atoms with van der Waals surface area (Å²) in [6, 6.07) is 6.18. The second-order valence-corrected chi connectivity index (χ2v) is 4.27. The molecule has 0 radical (unpaired) electrons. The molecule has 1 aromatic carbocycles. The fourth-order valence-electron chi connectivity index (χ4n) is 1.03. The molecule has 3 heteroatoms. The number of nitrogens with zero attached hydrogens (tertiary/aromatic N) is 1. The van der Waals surface area contributed by atoms with Gasteiger partial charge in [-0.1, -0.05) is 22.0 Å². The normalized spacial score (nSPS) is 10.0. The van der Waals surface area contributed by atoms with Crippen molar-refractivity contribution in [3.8, 4) is 0 Å². The quantitative estimate of drug-likeness (QED) is 0.748. The molecule has 0 N–H and O–H groups in total. The van der Waals surface area contributed by atoms with Gasteiger partial charge in [-0.15, -0.1) is 0 Å². The fourth-order valence-corrected chi connectivity index (χ4v) is 1.77. The van der Waals surface area contributed by atoms with Crippen molar-refractivity contribution in [2.75, 3.05) is 10.5 Å². The summed E-state index contributed by atoms with van der Waals surface area (Å²) in [4.78, 5) is 0. The van der Waals surface area contributed by atoms with E-state index < -0.39 is 0 Å². The van der Waals surface area contributed by atoms with E-state index in [4.69, 9.17) is 0 Å². The molecule has 1 rings (SSSR count). The minimum absolute atomic E-state index is 0.956. The lowest BCUT2D eigenvalue weighted by Crippen LogP contribution is -2.08. The molecule has 0 aliphatic carbocycles. The Labute approximate surface area is 90.2 Å². The summed E-state index contributed by atoms with van der Waals surface area (Å²) < 4.78 is 3.20. The highest BCUT2D eigenvalue weighted by atomic mass is 79.9. The minimum Gasteiger partial charge on any atom is -0.309 e. The summed E-state index contributed by atoms with van der Waals surface area (Å²) in [7, 11) is 0. The van der Waals surface area contributed by atoms with E-state index in [1.54, 1.807) is 0 Å². The van der Waals surface area contributed by atoms with Crippen LogP contribution in [-0.4, -0.2) is 6.54 Å². The van der Waals surface area contributed by atoms with E-state index in [-0.39, 0.29) is 0 Å². The highest BCUT2D eigenvalue weighted by Crippen LogP contribution is 2.28. The lowest BCUT2D eigenvalue weighted by Gasteiger charge is -2.16. The molecule has 0 spiro atoms. The van der Waals surface area contributed by atoms with Gasteiger partial charge in [-0.05, 0) is 31.5 Å². The summed E-state index contributed by atoms with van der Waals surface area (Å²) in [5.41, 5.74) is 2.48. The summed E-state index contributed by atoms with van der Waals surface area (Å²) in [5, 5.41) is 0. The average Bonchev–Trinajstić information content (AvgIpc) is 2.08. The van der Waals surface area contributed by atoms with Gasteiger partial charge < -0.3 is 3.93 Å². The molecule has 0 saturated heterocycles. The monoisotopic (exact) mass is 291 g/mol. The van der Waals surface area contributed by atoms with Gasteiger partial charge in [0, 0.05) is 27.2 Å². The van der Waals surface area contributed by atoms with Crippen LogP contribution in [0, 0.1) is 6.92 Å². The first-order valence-corrected chi connectivity index (χ1v) is 5.35. The smallest absolute Gasteiger partial charge is 0.0511 e. The first-order valence-electron chi connectivity index (χ1n) is 3.85. The van der Waals surface area contributed by atoms with Crippen LogP contribution < -0.4 is 3.93 Å². The van der Waals surface area contributed by atoms with E-state index in [1.165, 1.54) is 11.3 Å². The van der Waals surface area contributed by atoms with Crippen molar-refractivity contribution < 1.29 is 0 Å². The fraction of sp³-hybridized carbons (Fsp3) is 0.333. The van der Waals surface area contributed by atoms with Gasteiger partial charge in [-0.25, -0.2) is 0 Å². The summed E-state index contributed by atoms with van der Waals surface area (Å²) in [6.45, 7) is 5.16. The molecule has 0 saturated carbocycles. The Kier molecular flexibility index (Phi) is 3.59. The molecule has 0 aliphatic heterocycles. The van der Waals surface area contributed by atoms with Crippen LogP contribution in [-0.2, 0) is 0 Å². The zero-order chi connectivity index (χ0) is 9.14. The minimum atomic E-state index is 0.956. The van der Waals surface area contributed by atoms with Crippen LogP contribution in [0.15, 0.2) is 22.7 Å². The highest BCUT2D eigenvalue weighted by Gasteiger charge is 2.05. The maximum atomic E-state index is 3.50. The van der Waals surface area contributed by atoms with Gasteiger partial charge in [-0.3, -0.25) is 0 Å². The Bertz CT molecular complexity index is 273.